The summed E-state index contributed by atoms with van der Waals surface area (Å²) in [5, 5.41) is 3.16. The molecule has 2 aromatic heterocycles. The Kier molecular flexibility index (Phi) is 5.24. The Labute approximate surface area is 145 Å². The van der Waals surface area contributed by atoms with E-state index in [1.807, 2.05) is 0 Å². The van der Waals surface area contributed by atoms with Gasteiger partial charge in [-0.3, -0.25) is 9.59 Å². The minimum Gasteiger partial charge on any atom is -0.305 e. The fourth-order valence-electron chi connectivity index (χ4n) is 1.90. The Morgan fingerprint density at radius 2 is 1.12 bits per heavy atom. The SMILES string of the molecule is Cc1cccc(NC(=O)C(F)(F)C(F)(F)C(=O)Nc2cccc(C)n2)n1. The third kappa shape index (κ3) is 3.95. The Bertz CT molecular complexity index is 773. The molecule has 0 saturated heterocycles. The van der Waals surface area contributed by atoms with Crippen LogP contribution in [0.5, 0.6) is 0 Å². The second kappa shape index (κ2) is 7.06. The molecule has 2 rings (SSSR count). The molecule has 0 aliphatic rings. The van der Waals surface area contributed by atoms with Gasteiger partial charge in [-0.15, -0.1) is 0 Å². The van der Waals surface area contributed by atoms with E-state index in [-0.39, 0.29) is 11.6 Å². The van der Waals surface area contributed by atoms with Crippen LogP contribution in [0.15, 0.2) is 36.4 Å². The average Bonchev–Trinajstić information content (AvgIpc) is 2.54. The van der Waals surface area contributed by atoms with Gasteiger partial charge in [0.15, 0.2) is 0 Å². The lowest BCUT2D eigenvalue weighted by molar-refractivity contribution is -0.204. The van der Waals surface area contributed by atoms with Crippen molar-refractivity contribution in [2.24, 2.45) is 0 Å². The van der Waals surface area contributed by atoms with E-state index in [2.05, 4.69) is 9.97 Å². The number of aromatic nitrogens is 2. The van der Waals surface area contributed by atoms with E-state index in [0.717, 1.165) is 12.1 Å². The second-order valence-corrected chi connectivity index (χ2v) is 5.39. The number of carbonyl (C=O) groups is 2. The minimum absolute atomic E-state index is 0.341. The number of halogens is 4. The number of anilines is 2. The molecular weight excluding hydrogens is 356 g/mol. The van der Waals surface area contributed by atoms with Crippen LogP contribution in [-0.4, -0.2) is 33.6 Å². The molecule has 0 saturated carbocycles. The summed E-state index contributed by atoms with van der Waals surface area (Å²) < 4.78 is 55.8. The summed E-state index contributed by atoms with van der Waals surface area (Å²) in [7, 11) is 0. The van der Waals surface area contributed by atoms with E-state index < -0.39 is 23.7 Å². The van der Waals surface area contributed by atoms with Crippen molar-refractivity contribution >= 4 is 23.5 Å². The first-order valence-corrected chi connectivity index (χ1v) is 7.30. The van der Waals surface area contributed by atoms with Crippen LogP contribution in [0.1, 0.15) is 11.4 Å². The van der Waals surface area contributed by atoms with Crippen LogP contribution in [0.3, 0.4) is 0 Å². The maximum absolute atomic E-state index is 13.9. The molecule has 2 aromatic rings. The average molecular weight is 370 g/mol. The predicted molar refractivity (Wildman–Crippen MR) is 85.1 cm³/mol. The fraction of sp³-hybridized carbons (Fsp3) is 0.250. The number of amides is 2. The first kappa shape index (κ1) is 19.3. The van der Waals surface area contributed by atoms with Gasteiger partial charge in [-0.25, -0.2) is 9.97 Å². The van der Waals surface area contributed by atoms with Gasteiger partial charge in [-0.1, -0.05) is 12.1 Å². The number of carbonyl (C=O) groups excluding carboxylic acids is 2. The van der Waals surface area contributed by atoms with Gasteiger partial charge >= 0.3 is 23.7 Å². The van der Waals surface area contributed by atoms with E-state index in [1.165, 1.54) is 38.1 Å². The van der Waals surface area contributed by atoms with Crippen molar-refractivity contribution < 1.29 is 27.2 Å². The molecule has 2 N–H and O–H groups in total. The van der Waals surface area contributed by atoms with Gasteiger partial charge in [0.1, 0.15) is 11.6 Å². The maximum atomic E-state index is 13.9. The third-order valence-electron chi connectivity index (χ3n) is 3.22. The zero-order valence-electron chi connectivity index (χ0n) is 13.7. The van der Waals surface area contributed by atoms with E-state index >= 15 is 0 Å². The summed E-state index contributed by atoms with van der Waals surface area (Å²) in [4.78, 5) is 30.7. The molecular formula is C16H14F4N4O2. The van der Waals surface area contributed by atoms with Crippen molar-refractivity contribution in [3.63, 3.8) is 0 Å². The number of hydrogen-bond donors (Lipinski definition) is 2. The molecule has 0 aromatic carbocycles. The second-order valence-electron chi connectivity index (χ2n) is 5.39. The van der Waals surface area contributed by atoms with E-state index in [9.17, 15) is 27.2 Å². The first-order valence-electron chi connectivity index (χ1n) is 7.30. The molecule has 0 spiro atoms. The smallest absolute Gasteiger partial charge is 0.305 e. The van der Waals surface area contributed by atoms with Gasteiger partial charge in [0, 0.05) is 11.4 Å². The van der Waals surface area contributed by atoms with E-state index in [1.54, 1.807) is 10.6 Å². The first-order chi connectivity index (χ1) is 12.0. The van der Waals surface area contributed by atoms with Crippen LogP contribution in [0.2, 0.25) is 0 Å². The van der Waals surface area contributed by atoms with Crippen molar-refractivity contribution in [3.8, 4) is 0 Å². The highest BCUT2D eigenvalue weighted by Crippen LogP contribution is 2.36. The summed E-state index contributed by atoms with van der Waals surface area (Å²) in [6.07, 6.45) is 0. The van der Waals surface area contributed by atoms with Crippen LogP contribution in [-0.2, 0) is 9.59 Å². The summed E-state index contributed by atoms with van der Waals surface area (Å²) >= 11 is 0. The van der Waals surface area contributed by atoms with Gasteiger partial charge in [0.2, 0.25) is 0 Å². The summed E-state index contributed by atoms with van der Waals surface area (Å²) in [5.74, 6) is -16.0. The number of hydrogen-bond acceptors (Lipinski definition) is 4. The van der Waals surface area contributed by atoms with E-state index in [4.69, 9.17) is 0 Å². The Morgan fingerprint density at radius 1 is 0.769 bits per heavy atom. The minimum atomic E-state index is -5.31. The highest BCUT2D eigenvalue weighted by molar-refractivity contribution is 6.04. The number of alkyl halides is 4. The number of aryl methyl sites for hydroxylation is 2. The maximum Gasteiger partial charge on any atom is 0.396 e. The molecule has 26 heavy (non-hydrogen) atoms. The molecule has 10 heteroatoms. The number of nitrogens with one attached hydrogen (secondary N) is 2. The molecule has 0 aliphatic carbocycles. The van der Waals surface area contributed by atoms with Gasteiger partial charge in [0.25, 0.3) is 0 Å². The molecule has 138 valence electrons. The molecule has 0 radical (unpaired) electrons. The molecule has 2 amide bonds. The normalized spacial score (nSPS) is 11.8. The lowest BCUT2D eigenvalue weighted by Crippen LogP contribution is -2.56. The Balaban J connectivity index is 2.18. The summed E-state index contributed by atoms with van der Waals surface area (Å²) in [6, 6.07) is 8.12. The van der Waals surface area contributed by atoms with Crippen LogP contribution in [0, 0.1) is 13.8 Å². The van der Waals surface area contributed by atoms with Gasteiger partial charge in [0.05, 0.1) is 0 Å². The summed E-state index contributed by atoms with van der Waals surface area (Å²) in [5.41, 5.74) is 0.752. The van der Waals surface area contributed by atoms with Crippen molar-refractivity contribution in [3.05, 3.63) is 47.8 Å². The quantitative estimate of drug-likeness (QED) is 0.793. The van der Waals surface area contributed by atoms with Crippen LogP contribution >= 0.6 is 0 Å². The molecule has 0 bridgehead atoms. The molecule has 0 aliphatic heterocycles. The van der Waals surface area contributed by atoms with Gasteiger partial charge in [-0.2, -0.15) is 17.6 Å². The molecule has 0 fully saturated rings. The van der Waals surface area contributed by atoms with Crippen LogP contribution < -0.4 is 10.6 Å². The Morgan fingerprint density at radius 3 is 1.42 bits per heavy atom. The van der Waals surface area contributed by atoms with Crippen molar-refractivity contribution in [2.45, 2.75) is 25.7 Å². The van der Waals surface area contributed by atoms with Crippen molar-refractivity contribution in [2.75, 3.05) is 10.6 Å². The molecule has 6 nitrogen and oxygen atoms in total. The van der Waals surface area contributed by atoms with Gasteiger partial charge in [-0.05, 0) is 38.1 Å². The number of nitrogens with zero attached hydrogens (tertiary/aromatic N) is 2. The van der Waals surface area contributed by atoms with Gasteiger partial charge < -0.3 is 10.6 Å². The zero-order valence-corrected chi connectivity index (χ0v) is 13.7. The highest BCUT2D eigenvalue weighted by Gasteiger charge is 2.67. The molecule has 0 unspecified atom stereocenters. The standard InChI is InChI=1S/C16H14F4N4O2/c1-9-5-3-7-11(21-9)23-13(25)15(17,18)16(19,20)14(26)24-12-8-4-6-10(2)22-12/h3-8H,1-2H3,(H,21,23,25)(H,22,24,26). The van der Waals surface area contributed by atoms with Crippen LogP contribution in [0.4, 0.5) is 29.2 Å². The lowest BCUT2D eigenvalue weighted by Gasteiger charge is -2.24. The van der Waals surface area contributed by atoms with Crippen LogP contribution in [0.25, 0.3) is 0 Å². The Hall–Kier alpha value is -3.04. The largest absolute Gasteiger partial charge is 0.396 e. The highest BCUT2D eigenvalue weighted by atomic mass is 19.3. The van der Waals surface area contributed by atoms with E-state index in [0.29, 0.717) is 11.4 Å². The molecule has 2 heterocycles. The third-order valence-corrected chi connectivity index (χ3v) is 3.22. The molecule has 0 atom stereocenters. The predicted octanol–water partition coefficient (Wildman–Crippen LogP) is 2.94. The monoisotopic (exact) mass is 370 g/mol. The number of pyridine rings is 2. The van der Waals surface area contributed by atoms with Crippen molar-refractivity contribution in [1.82, 2.24) is 9.97 Å². The zero-order chi connectivity index (χ0) is 19.5. The lowest BCUT2D eigenvalue weighted by atomic mass is 10.1. The summed E-state index contributed by atoms with van der Waals surface area (Å²) in [6.45, 7) is 3.04. The number of rotatable bonds is 5. The fourth-order valence-corrected chi connectivity index (χ4v) is 1.90. The van der Waals surface area contributed by atoms with Crippen molar-refractivity contribution in [1.29, 1.82) is 0 Å². The topological polar surface area (TPSA) is 84.0 Å².